The molecule has 0 aliphatic rings. The van der Waals surface area contributed by atoms with Crippen molar-refractivity contribution in [1.82, 2.24) is 5.32 Å². The summed E-state index contributed by atoms with van der Waals surface area (Å²) in [6.07, 6.45) is -5.63. The quantitative estimate of drug-likeness (QED) is 0.706. The van der Waals surface area contributed by atoms with E-state index in [1.807, 2.05) is 0 Å². The first-order valence-electron chi connectivity index (χ1n) is 6.69. The number of carbonyl (C=O) groups excluding carboxylic acids is 1. The highest BCUT2D eigenvalue weighted by Crippen LogP contribution is 2.19. The number of ether oxygens (including phenoxy) is 3. The number of carbonyl (C=O) groups is 1. The van der Waals surface area contributed by atoms with Crippen molar-refractivity contribution in [2.75, 3.05) is 33.5 Å². The third-order valence-corrected chi connectivity index (χ3v) is 2.47. The lowest BCUT2D eigenvalue weighted by atomic mass is 10.3. The Balaban J connectivity index is 2.35. The van der Waals surface area contributed by atoms with E-state index < -0.39 is 25.5 Å². The molecular weight excluding hydrogens is 319 g/mol. The van der Waals surface area contributed by atoms with Crippen LogP contribution in [-0.4, -0.2) is 56.8 Å². The van der Waals surface area contributed by atoms with E-state index in [0.717, 1.165) is 0 Å². The number of amides is 1. The van der Waals surface area contributed by atoms with Crippen LogP contribution in [0.4, 0.5) is 13.2 Å². The zero-order valence-corrected chi connectivity index (χ0v) is 12.4. The number of hydrogen-bond acceptors (Lipinski definition) is 5. The van der Waals surface area contributed by atoms with Gasteiger partial charge in [0.15, 0.2) is 6.61 Å². The Morgan fingerprint density at radius 1 is 1.26 bits per heavy atom. The van der Waals surface area contributed by atoms with E-state index in [1.165, 1.54) is 13.1 Å². The summed E-state index contributed by atoms with van der Waals surface area (Å²) in [7, 11) is 1.48. The van der Waals surface area contributed by atoms with Crippen molar-refractivity contribution in [1.29, 1.82) is 0 Å². The van der Waals surface area contributed by atoms with Gasteiger partial charge in [0.2, 0.25) is 0 Å². The summed E-state index contributed by atoms with van der Waals surface area (Å²) in [5.74, 6) is 0.428. The molecule has 130 valence electrons. The van der Waals surface area contributed by atoms with E-state index in [1.54, 1.807) is 18.2 Å². The Hall–Kier alpha value is -2.00. The first kappa shape index (κ1) is 19.0. The minimum Gasteiger partial charge on any atom is -0.491 e. The molecule has 9 heteroatoms. The van der Waals surface area contributed by atoms with Crippen molar-refractivity contribution in [2.45, 2.75) is 12.3 Å². The van der Waals surface area contributed by atoms with Crippen LogP contribution in [-0.2, 0) is 9.53 Å². The maximum atomic E-state index is 11.9. The fraction of sp³-hybridized carbons (Fsp3) is 0.500. The molecule has 1 amide bonds. The normalized spacial score (nSPS) is 12.6. The molecule has 6 nitrogen and oxygen atoms in total. The van der Waals surface area contributed by atoms with Crippen LogP contribution in [0.3, 0.4) is 0 Å². The highest BCUT2D eigenvalue weighted by Gasteiger charge is 2.27. The van der Waals surface area contributed by atoms with E-state index in [0.29, 0.717) is 11.5 Å². The lowest BCUT2D eigenvalue weighted by molar-refractivity contribution is -0.179. The number of alkyl halides is 3. The Kier molecular flexibility index (Phi) is 7.63. The molecule has 0 saturated heterocycles. The van der Waals surface area contributed by atoms with Crippen molar-refractivity contribution in [3.05, 3.63) is 24.3 Å². The van der Waals surface area contributed by atoms with Gasteiger partial charge in [0, 0.05) is 13.1 Å². The third kappa shape index (κ3) is 8.89. The fourth-order valence-corrected chi connectivity index (χ4v) is 1.43. The van der Waals surface area contributed by atoms with Gasteiger partial charge in [0.1, 0.15) is 30.8 Å². The van der Waals surface area contributed by atoms with Gasteiger partial charge in [0.05, 0.1) is 6.61 Å². The summed E-state index contributed by atoms with van der Waals surface area (Å²) < 4.78 is 50.4. The van der Waals surface area contributed by atoms with Crippen molar-refractivity contribution >= 4 is 5.91 Å². The highest BCUT2D eigenvalue weighted by atomic mass is 19.4. The molecule has 1 unspecified atom stereocenters. The Bertz CT molecular complexity index is 496. The third-order valence-electron chi connectivity index (χ3n) is 2.47. The predicted molar refractivity (Wildman–Crippen MR) is 74.4 cm³/mol. The van der Waals surface area contributed by atoms with Crippen LogP contribution in [0.2, 0.25) is 0 Å². The van der Waals surface area contributed by atoms with E-state index in [2.05, 4.69) is 10.1 Å². The smallest absolute Gasteiger partial charge is 0.411 e. The number of benzene rings is 1. The lowest BCUT2D eigenvalue weighted by Gasteiger charge is -2.14. The average molecular weight is 337 g/mol. The highest BCUT2D eigenvalue weighted by molar-refractivity contribution is 5.77. The van der Waals surface area contributed by atoms with Gasteiger partial charge in [0.25, 0.3) is 5.91 Å². The van der Waals surface area contributed by atoms with Crippen molar-refractivity contribution in [3.63, 3.8) is 0 Å². The van der Waals surface area contributed by atoms with Gasteiger partial charge < -0.3 is 24.6 Å². The monoisotopic (exact) mass is 337 g/mol. The van der Waals surface area contributed by atoms with E-state index in [-0.39, 0.29) is 19.1 Å². The molecule has 0 aliphatic carbocycles. The SMILES string of the molecule is CNC(=O)COc1cccc(OCC(O)COCC(F)(F)F)c1. The molecule has 0 spiro atoms. The standard InChI is InChI=1S/C14H18F3NO5/c1-18-13(20)8-23-12-4-2-3-11(5-12)22-7-10(19)6-21-9-14(15,16)17/h2-5,10,19H,6-9H2,1H3,(H,18,20). The number of hydrogen-bond donors (Lipinski definition) is 2. The van der Waals surface area contributed by atoms with E-state index in [4.69, 9.17) is 9.47 Å². The maximum Gasteiger partial charge on any atom is 0.411 e. The first-order valence-corrected chi connectivity index (χ1v) is 6.69. The summed E-state index contributed by atoms with van der Waals surface area (Å²) in [6.45, 7) is -2.32. The van der Waals surface area contributed by atoms with Crippen molar-refractivity contribution in [3.8, 4) is 11.5 Å². The van der Waals surface area contributed by atoms with Crippen LogP contribution in [0, 0.1) is 0 Å². The second kappa shape index (κ2) is 9.21. The van der Waals surface area contributed by atoms with Crippen molar-refractivity contribution in [2.24, 2.45) is 0 Å². The van der Waals surface area contributed by atoms with E-state index in [9.17, 15) is 23.1 Å². The van der Waals surface area contributed by atoms with Gasteiger partial charge in [-0.3, -0.25) is 4.79 Å². The number of aliphatic hydroxyl groups is 1. The van der Waals surface area contributed by atoms with Crippen LogP contribution < -0.4 is 14.8 Å². The molecule has 1 aromatic rings. The molecule has 0 radical (unpaired) electrons. The molecule has 0 fully saturated rings. The Labute approximate surface area is 131 Å². The fourth-order valence-electron chi connectivity index (χ4n) is 1.43. The number of likely N-dealkylation sites (N-methyl/N-ethyl adjacent to an activating group) is 1. The molecule has 1 rings (SSSR count). The molecule has 23 heavy (non-hydrogen) atoms. The lowest BCUT2D eigenvalue weighted by Crippen LogP contribution is -2.27. The van der Waals surface area contributed by atoms with Crippen LogP contribution in [0.1, 0.15) is 0 Å². The van der Waals surface area contributed by atoms with Crippen molar-refractivity contribution < 1.29 is 37.3 Å². The summed E-state index contributed by atoms with van der Waals surface area (Å²) >= 11 is 0. The molecule has 0 aliphatic heterocycles. The molecule has 2 N–H and O–H groups in total. The summed E-state index contributed by atoms with van der Waals surface area (Å²) in [5, 5.41) is 11.9. The number of halogens is 3. The molecule has 1 atom stereocenters. The number of nitrogens with one attached hydrogen (secondary N) is 1. The average Bonchev–Trinajstić information content (AvgIpc) is 2.49. The van der Waals surface area contributed by atoms with Crippen LogP contribution in [0.25, 0.3) is 0 Å². The molecular formula is C14H18F3NO5. The van der Waals surface area contributed by atoms with Gasteiger partial charge in [-0.2, -0.15) is 13.2 Å². The summed E-state index contributed by atoms with van der Waals surface area (Å²) in [6, 6.07) is 6.29. The molecule has 0 heterocycles. The Morgan fingerprint density at radius 3 is 2.52 bits per heavy atom. The van der Waals surface area contributed by atoms with Gasteiger partial charge in [-0.25, -0.2) is 0 Å². The van der Waals surface area contributed by atoms with Crippen LogP contribution >= 0.6 is 0 Å². The molecule has 0 saturated carbocycles. The molecule has 0 bridgehead atoms. The summed E-state index contributed by atoms with van der Waals surface area (Å²) in [5.41, 5.74) is 0. The van der Waals surface area contributed by atoms with Gasteiger partial charge in [-0.1, -0.05) is 6.07 Å². The molecule has 1 aromatic carbocycles. The summed E-state index contributed by atoms with van der Waals surface area (Å²) in [4.78, 5) is 11.1. The zero-order valence-electron chi connectivity index (χ0n) is 12.4. The second-order valence-corrected chi connectivity index (χ2v) is 4.53. The maximum absolute atomic E-state index is 11.9. The van der Waals surface area contributed by atoms with Gasteiger partial charge in [-0.05, 0) is 12.1 Å². The largest absolute Gasteiger partial charge is 0.491 e. The topological polar surface area (TPSA) is 77.0 Å². The number of rotatable bonds is 9. The van der Waals surface area contributed by atoms with Gasteiger partial charge in [-0.15, -0.1) is 0 Å². The van der Waals surface area contributed by atoms with Gasteiger partial charge >= 0.3 is 6.18 Å². The first-order chi connectivity index (χ1) is 10.8. The Morgan fingerprint density at radius 2 is 1.91 bits per heavy atom. The predicted octanol–water partition coefficient (Wildman–Crippen LogP) is 1.13. The molecule has 0 aromatic heterocycles. The minimum absolute atomic E-state index is 0.159. The minimum atomic E-state index is -4.43. The number of aliphatic hydroxyl groups excluding tert-OH is 1. The van der Waals surface area contributed by atoms with Crippen LogP contribution in [0.5, 0.6) is 11.5 Å². The second-order valence-electron chi connectivity index (χ2n) is 4.53. The zero-order chi connectivity index (χ0) is 17.3. The van der Waals surface area contributed by atoms with Crippen LogP contribution in [0.15, 0.2) is 24.3 Å². The van der Waals surface area contributed by atoms with E-state index >= 15 is 0 Å².